The third-order valence-corrected chi connectivity index (χ3v) is 6.86. The van der Waals surface area contributed by atoms with E-state index in [1.54, 1.807) is 6.07 Å². The Hall–Kier alpha value is -3.43. The molecule has 1 aliphatic carbocycles. The van der Waals surface area contributed by atoms with E-state index in [2.05, 4.69) is 5.32 Å². The molecule has 0 heterocycles. The number of carbonyl (C=O) groups excluding carboxylic acids is 2. The molecule has 0 spiro atoms. The van der Waals surface area contributed by atoms with E-state index in [1.807, 2.05) is 0 Å². The SMILES string of the molecule is CC(=O)Nc1ccc(S(=O)(=O)Oc2ccc(Cl)cc2CN(C(=O)c2ccccc2F)C2CC2)cc1. The maximum absolute atomic E-state index is 14.3. The van der Waals surface area contributed by atoms with Gasteiger partial charge in [0.2, 0.25) is 5.91 Å². The van der Waals surface area contributed by atoms with Crippen LogP contribution in [0.1, 0.15) is 35.7 Å². The van der Waals surface area contributed by atoms with Gasteiger partial charge >= 0.3 is 10.1 Å². The van der Waals surface area contributed by atoms with Crippen molar-refractivity contribution in [1.29, 1.82) is 0 Å². The fraction of sp³-hybridized carbons (Fsp3) is 0.200. The van der Waals surface area contributed by atoms with Crippen molar-refractivity contribution >= 4 is 39.2 Å². The average Bonchev–Trinajstić information content (AvgIpc) is 3.64. The molecule has 2 amide bonds. The van der Waals surface area contributed by atoms with Crippen LogP contribution >= 0.6 is 11.6 Å². The summed E-state index contributed by atoms with van der Waals surface area (Å²) in [4.78, 5) is 25.7. The quantitative estimate of drug-likeness (QED) is 0.425. The third-order valence-electron chi connectivity index (χ3n) is 5.38. The molecule has 1 saturated carbocycles. The Morgan fingerprint density at radius 1 is 1.09 bits per heavy atom. The molecule has 0 unspecified atom stereocenters. The van der Waals surface area contributed by atoms with E-state index >= 15 is 0 Å². The van der Waals surface area contributed by atoms with Gasteiger partial charge in [-0.2, -0.15) is 8.42 Å². The Bertz CT molecular complexity index is 1370. The van der Waals surface area contributed by atoms with Crippen LogP contribution < -0.4 is 9.50 Å². The van der Waals surface area contributed by atoms with Crippen molar-refractivity contribution in [1.82, 2.24) is 4.90 Å². The zero-order valence-corrected chi connectivity index (χ0v) is 20.3. The highest BCUT2D eigenvalue weighted by atomic mass is 35.5. The molecule has 35 heavy (non-hydrogen) atoms. The largest absolute Gasteiger partial charge is 0.379 e. The van der Waals surface area contributed by atoms with Gasteiger partial charge in [-0.1, -0.05) is 23.7 Å². The van der Waals surface area contributed by atoms with E-state index in [4.69, 9.17) is 15.8 Å². The summed E-state index contributed by atoms with van der Waals surface area (Å²) in [5, 5.41) is 2.89. The lowest BCUT2D eigenvalue weighted by Gasteiger charge is -2.24. The Morgan fingerprint density at radius 3 is 2.40 bits per heavy atom. The van der Waals surface area contributed by atoms with Crippen LogP contribution in [0.15, 0.2) is 71.6 Å². The van der Waals surface area contributed by atoms with Crippen LogP contribution in [0.4, 0.5) is 10.1 Å². The van der Waals surface area contributed by atoms with Crippen molar-refractivity contribution in [3.63, 3.8) is 0 Å². The maximum Gasteiger partial charge on any atom is 0.339 e. The van der Waals surface area contributed by atoms with Gasteiger partial charge in [0.15, 0.2) is 0 Å². The van der Waals surface area contributed by atoms with Gasteiger partial charge in [0, 0.05) is 29.2 Å². The number of benzene rings is 3. The predicted octanol–water partition coefficient (Wildman–Crippen LogP) is 5.01. The second-order valence-corrected chi connectivity index (χ2v) is 10.1. The van der Waals surface area contributed by atoms with Gasteiger partial charge in [-0.05, 0) is 67.4 Å². The van der Waals surface area contributed by atoms with Gasteiger partial charge in [0.1, 0.15) is 16.5 Å². The van der Waals surface area contributed by atoms with Gasteiger partial charge in [0.25, 0.3) is 5.91 Å². The van der Waals surface area contributed by atoms with Crippen molar-refractivity contribution < 1.29 is 26.6 Å². The van der Waals surface area contributed by atoms with E-state index in [9.17, 15) is 22.4 Å². The highest BCUT2D eigenvalue weighted by Crippen LogP contribution is 2.34. The summed E-state index contributed by atoms with van der Waals surface area (Å²) in [5.41, 5.74) is 0.749. The highest BCUT2D eigenvalue weighted by molar-refractivity contribution is 7.87. The van der Waals surface area contributed by atoms with Crippen LogP contribution in [0.2, 0.25) is 5.02 Å². The summed E-state index contributed by atoms with van der Waals surface area (Å²) in [5.74, 6) is -1.40. The second-order valence-electron chi connectivity index (χ2n) is 8.14. The number of nitrogens with one attached hydrogen (secondary N) is 1. The number of carbonyl (C=O) groups is 2. The molecule has 0 saturated heterocycles. The summed E-state index contributed by atoms with van der Waals surface area (Å²) < 4.78 is 45.6. The first kappa shape index (κ1) is 24.7. The Balaban J connectivity index is 1.60. The van der Waals surface area contributed by atoms with Crippen molar-refractivity contribution in [2.45, 2.75) is 37.2 Å². The third kappa shape index (κ3) is 5.98. The average molecular weight is 517 g/mol. The fourth-order valence-corrected chi connectivity index (χ4v) is 4.71. The Kier molecular flexibility index (Phi) is 7.09. The molecular weight excluding hydrogens is 495 g/mol. The van der Waals surface area contributed by atoms with Gasteiger partial charge in [-0.25, -0.2) is 4.39 Å². The summed E-state index contributed by atoms with van der Waals surface area (Å²) in [6, 6.07) is 15.6. The summed E-state index contributed by atoms with van der Waals surface area (Å²) in [6.07, 6.45) is 1.52. The van der Waals surface area contributed by atoms with Crippen molar-refractivity contribution in [3.05, 3.63) is 88.7 Å². The van der Waals surface area contributed by atoms with E-state index in [0.717, 1.165) is 12.8 Å². The molecule has 3 aromatic carbocycles. The number of hydrogen-bond acceptors (Lipinski definition) is 5. The minimum absolute atomic E-state index is 0.00678. The summed E-state index contributed by atoms with van der Waals surface area (Å²) >= 11 is 6.16. The van der Waals surface area contributed by atoms with Gasteiger partial charge in [-0.15, -0.1) is 0 Å². The molecule has 0 bridgehead atoms. The Morgan fingerprint density at radius 2 is 1.77 bits per heavy atom. The minimum atomic E-state index is -4.23. The molecule has 7 nitrogen and oxygen atoms in total. The van der Waals surface area contributed by atoms with Crippen LogP contribution in [0.25, 0.3) is 0 Å². The van der Waals surface area contributed by atoms with E-state index in [1.165, 1.54) is 72.5 Å². The van der Waals surface area contributed by atoms with Gasteiger partial charge in [0.05, 0.1) is 12.1 Å². The maximum atomic E-state index is 14.3. The molecular formula is C25H22ClFN2O5S. The Labute approximate surface area is 207 Å². The standard InChI is InChI=1S/C25H22ClFN2O5S/c1-16(30)28-19-7-11-21(12-8-19)35(32,33)34-24-13-6-18(26)14-17(24)15-29(20-9-10-20)25(31)22-4-2-3-5-23(22)27/h2-8,11-14,20H,9-10,15H2,1H3,(H,28,30). The normalized spacial score (nSPS) is 13.2. The number of nitrogens with zero attached hydrogens (tertiary/aromatic N) is 1. The molecule has 4 rings (SSSR count). The van der Waals surface area contributed by atoms with E-state index in [-0.39, 0.29) is 34.7 Å². The van der Waals surface area contributed by atoms with Gasteiger partial charge in [-0.3, -0.25) is 9.59 Å². The lowest BCUT2D eigenvalue weighted by atomic mass is 10.1. The first-order chi connectivity index (χ1) is 16.6. The molecule has 0 radical (unpaired) electrons. The topological polar surface area (TPSA) is 92.8 Å². The minimum Gasteiger partial charge on any atom is -0.379 e. The molecule has 10 heteroatoms. The number of rotatable bonds is 8. The molecule has 1 aliphatic rings. The van der Waals surface area contributed by atoms with Gasteiger partial charge < -0.3 is 14.4 Å². The van der Waals surface area contributed by atoms with Crippen LogP contribution in [0, 0.1) is 5.82 Å². The van der Waals surface area contributed by atoms with Crippen LogP contribution in [-0.2, 0) is 21.5 Å². The predicted molar refractivity (Wildman–Crippen MR) is 129 cm³/mol. The molecule has 0 aromatic heterocycles. The molecule has 0 aliphatic heterocycles. The molecule has 0 atom stereocenters. The number of anilines is 1. The van der Waals surface area contributed by atoms with Crippen LogP contribution in [0.5, 0.6) is 5.75 Å². The molecule has 1 N–H and O–H groups in total. The summed E-state index contributed by atoms with van der Waals surface area (Å²) in [7, 11) is -4.23. The zero-order chi connectivity index (χ0) is 25.2. The van der Waals surface area contributed by atoms with Crippen molar-refractivity contribution in [2.24, 2.45) is 0 Å². The smallest absolute Gasteiger partial charge is 0.339 e. The van der Waals surface area contributed by atoms with E-state index in [0.29, 0.717) is 16.3 Å². The van der Waals surface area contributed by atoms with Crippen molar-refractivity contribution in [2.75, 3.05) is 5.32 Å². The van der Waals surface area contributed by atoms with Crippen molar-refractivity contribution in [3.8, 4) is 5.75 Å². The number of hydrogen-bond donors (Lipinski definition) is 1. The first-order valence-electron chi connectivity index (χ1n) is 10.8. The number of halogens is 2. The summed E-state index contributed by atoms with van der Waals surface area (Å²) in [6.45, 7) is 1.34. The fourth-order valence-electron chi connectivity index (χ4n) is 3.55. The van der Waals surface area contributed by atoms with E-state index < -0.39 is 21.8 Å². The molecule has 3 aromatic rings. The lowest BCUT2D eigenvalue weighted by Crippen LogP contribution is -2.33. The molecule has 1 fully saturated rings. The lowest BCUT2D eigenvalue weighted by molar-refractivity contribution is -0.114. The highest BCUT2D eigenvalue weighted by Gasteiger charge is 2.35. The zero-order valence-electron chi connectivity index (χ0n) is 18.7. The van der Waals surface area contributed by atoms with Crippen LogP contribution in [-0.4, -0.2) is 31.2 Å². The van der Waals surface area contributed by atoms with Crippen LogP contribution in [0.3, 0.4) is 0 Å². The molecule has 182 valence electrons. The number of amides is 2. The second kappa shape index (κ2) is 10.1. The monoisotopic (exact) mass is 516 g/mol. The first-order valence-corrected chi connectivity index (χ1v) is 12.6.